The third kappa shape index (κ3) is 7.97. The number of carbonyl (C=O) groups is 1. The van der Waals surface area contributed by atoms with Gasteiger partial charge in [-0.05, 0) is 42.4 Å². The van der Waals surface area contributed by atoms with E-state index in [1.54, 1.807) is 12.1 Å². The fraction of sp³-hybridized carbons (Fsp3) is 0.682. The lowest BCUT2D eigenvalue weighted by Crippen LogP contribution is -2.40. The molecule has 0 bridgehead atoms. The Morgan fingerprint density at radius 2 is 1.76 bits per heavy atom. The number of sulfonamides is 1. The van der Waals surface area contributed by atoms with Crippen molar-refractivity contribution in [3.63, 3.8) is 0 Å². The lowest BCUT2D eigenvalue weighted by Gasteiger charge is -2.24. The smallest absolute Gasteiger partial charge is 0.240 e. The Morgan fingerprint density at radius 3 is 2.31 bits per heavy atom. The molecule has 1 aromatic rings. The van der Waals surface area contributed by atoms with Gasteiger partial charge in [-0.1, -0.05) is 52.2 Å². The minimum absolute atomic E-state index is 0.0223. The molecule has 1 aliphatic carbocycles. The molecule has 0 saturated heterocycles. The van der Waals surface area contributed by atoms with Crippen molar-refractivity contribution in [2.75, 3.05) is 30.3 Å². The molecule has 6 nitrogen and oxygen atoms in total. The Balaban J connectivity index is 1.84. The molecule has 0 aromatic heterocycles. The SMILES string of the molecule is CC(C)(C)c1ccc(N(CC(=O)NCCCOC2CCCCC2)S(C)(=O)=O)cc1. The minimum Gasteiger partial charge on any atom is -0.378 e. The lowest BCUT2D eigenvalue weighted by atomic mass is 9.87. The first-order chi connectivity index (χ1) is 13.6. The molecule has 1 aliphatic rings. The molecule has 0 unspecified atom stereocenters. The Bertz CT molecular complexity index is 748. The van der Waals surface area contributed by atoms with Gasteiger partial charge in [0.15, 0.2) is 0 Å². The highest BCUT2D eigenvalue weighted by Gasteiger charge is 2.22. The van der Waals surface area contributed by atoms with E-state index in [0.717, 1.165) is 35.4 Å². The van der Waals surface area contributed by atoms with Crippen molar-refractivity contribution in [2.24, 2.45) is 0 Å². The molecule has 0 heterocycles. The molecule has 0 spiro atoms. The average molecular weight is 425 g/mol. The van der Waals surface area contributed by atoms with Crippen LogP contribution in [-0.4, -0.2) is 46.4 Å². The van der Waals surface area contributed by atoms with Crippen LogP contribution in [0, 0.1) is 0 Å². The van der Waals surface area contributed by atoms with Crippen LogP contribution < -0.4 is 9.62 Å². The number of rotatable bonds is 9. The summed E-state index contributed by atoms with van der Waals surface area (Å²) in [6.45, 7) is 7.17. The quantitative estimate of drug-likeness (QED) is 0.615. The number of hydrogen-bond acceptors (Lipinski definition) is 4. The summed E-state index contributed by atoms with van der Waals surface area (Å²) in [5.41, 5.74) is 1.58. The van der Waals surface area contributed by atoms with Crippen LogP contribution in [0.3, 0.4) is 0 Å². The van der Waals surface area contributed by atoms with E-state index < -0.39 is 10.0 Å². The van der Waals surface area contributed by atoms with Crippen LogP contribution in [0.4, 0.5) is 5.69 Å². The second kappa shape index (κ2) is 10.4. The number of amides is 1. The topological polar surface area (TPSA) is 75.7 Å². The van der Waals surface area contributed by atoms with Crippen molar-refractivity contribution in [3.8, 4) is 0 Å². The Morgan fingerprint density at radius 1 is 1.14 bits per heavy atom. The minimum atomic E-state index is -3.56. The molecule has 1 saturated carbocycles. The van der Waals surface area contributed by atoms with E-state index in [1.165, 1.54) is 19.3 Å². The van der Waals surface area contributed by atoms with Crippen LogP contribution in [0.25, 0.3) is 0 Å². The summed E-state index contributed by atoms with van der Waals surface area (Å²) in [4.78, 5) is 12.3. The average Bonchev–Trinajstić information content (AvgIpc) is 2.65. The van der Waals surface area contributed by atoms with Gasteiger partial charge in [-0.3, -0.25) is 9.10 Å². The fourth-order valence-corrected chi connectivity index (χ4v) is 4.35. The van der Waals surface area contributed by atoms with Gasteiger partial charge >= 0.3 is 0 Å². The second-order valence-corrected chi connectivity index (χ2v) is 10.8. The summed E-state index contributed by atoms with van der Waals surface area (Å²) in [6, 6.07) is 7.34. The Hall–Kier alpha value is -1.60. The van der Waals surface area contributed by atoms with Crippen molar-refractivity contribution in [3.05, 3.63) is 29.8 Å². The molecule has 164 valence electrons. The van der Waals surface area contributed by atoms with E-state index in [9.17, 15) is 13.2 Å². The molecule has 1 aromatic carbocycles. The summed E-state index contributed by atoms with van der Waals surface area (Å²) in [5.74, 6) is -0.312. The summed E-state index contributed by atoms with van der Waals surface area (Å²) in [6.07, 6.45) is 8.23. The molecular formula is C22H36N2O4S. The van der Waals surface area contributed by atoms with Crippen LogP contribution in [0.2, 0.25) is 0 Å². The van der Waals surface area contributed by atoms with E-state index >= 15 is 0 Å². The maximum absolute atomic E-state index is 12.3. The molecular weight excluding hydrogens is 388 g/mol. The van der Waals surface area contributed by atoms with Crippen molar-refractivity contribution < 1.29 is 17.9 Å². The first kappa shape index (κ1) is 23.7. The van der Waals surface area contributed by atoms with Crippen LogP contribution in [0.5, 0.6) is 0 Å². The van der Waals surface area contributed by atoms with Crippen molar-refractivity contribution in [2.45, 2.75) is 70.8 Å². The number of benzene rings is 1. The van der Waals surface area contributed by atoms with E-state index in [1.807, 2.05) is 12.1 Å². The standard InChI is InChI=1S/C22H36N2O4S/c1-22(2,3)18-11-13-19(14-12-18)24(29(4,26)27)17-21(25)23-15-8-16-28-20-9-6-5-7-10-20/h11-14,20H,5-10,15-17H2,1-4H3,(H,23,25). The van der Waals surface area contributed by atoms with Crippen LogP contribution in [0.15, 0.2) is 24.3 Å². The highest BCUT2D eigenvalue weighted by molar-refractivity contribution is 7.92. The number of nitrogens with one attached hydrogen (secondary N) is 1. The summed E-state index contributed by atoms with van der Waals surface area (Å²) in [5, 5.41) is 2.80. The molecule has 1 amide bonds. The predicted octanol–water partition coefficient (Wildman–Crippen LogP) is 3.61. The molecule has 1 N–H and O–H groups in total. The third-order valence-corrected chi connectivity index (χ3v) is 6.40. The van der Waals surface area contributed by atoms with Gasteiger partial charge in [0.1, 0.15) is 6.54 Å². The first-order valence-electron chi connectivity index (χ1n) is 10.5. The molecule has 1 fully saturated rings. The molecule has 7 heteroatoms. The summed E-state index contributed by atoms with van der Waals surface area (Å²) in [7, 11) is -3.56. The molecule has 29 heavy (non-hydrogen) atoms. The Kier molecular flexibility index (Phi) is 8.52. The van der Waals surface area contributed by atoms with Gasteiger partial charge in [-0.15, -0.1) is 0 Å². The zero-order chi connectivity index (χ0) is 21.5. The van der Waals surface area contributed by atoms with E-state index in [-0.39, 0.29) is 17.9 Å². The van der Waals surface area contributed by atoms with Gasteiger partial charge in [0.25, 0.3) is 0 Å². The highest BCUT2D eigenvalue weighted by Crippen LogP contribution is 2.26. The van der Waals surface area contributed by atoms with Crippen LogP contribution in [-0.2, 0) is 25.0 Å². The zero-order valence-electron chi connectivity index (χ0n) is 18.2. The number of carbonyl (C=O) groups excluding carboxylic acids is 1. The number of anilines is 1. The maximum Gasteiger partial charge on any atom is 0.240 e. The van der Waals surface area contributed by atoms with Gasteiger partial charge in [0.05, 0.1) is 18.0 Å². The predicted molar refractivity (Wildman–Crippen MR) is 118 cm³/mol. The highest BCUT2D eigenvalue weighted by atomic mass is 32.2. The van der Waals surface area contributed by atoms with Crippen LogP contribution in [0.1, 0.15) is 64.9 Å². The van der Waals surface area contributed by atoms with Gasteiger partial charge < -0.3 is 10.1 Å². The number of hydrogen-bond donors (Lipinski definition) is 1. The fourth-order valence-electron chi connectivity index (χ4n) is 3.50. The van der Waals surface area contributed by atoms with Crippen molar-refractivity contribution in [1.82, 2.24) is 5.32 Å². The van der Waals surface area contributed by atoms with Gasteiger partial charge in [0.2, 0.25) is 15.9 Å². The number of nitrogens with zero attached hydrogens (tertiary/aromatic N) is 1. The van der Waals surface area contributed by atoms with E-state index in [4.69, 9.17) is 4.74 Å². The largest absolute Gasteiger partial charge is 0.378 e. The number of ether oxygens (including phenoxy) is 1. The molecule has 2 rings (SSSR count). The first-order valence-corrected chi connectivity index (χ1v) is 12.4. The summed E-state index contributed by atoms with van der Waals surface area (Å²) < 4.78 is 31.4. The molecule has 0 radical (unpaired) electrons. The molecule has 0 aliphatic heterocycles. The van der Waals surface area contributed by atoms with Gasteiger partial charge in [-0.25, -0.2) is 8.42 Å². The third-order valence-electron chi connectivity index (χ3n) is 5.26. The molecule has 0 atom stereocenters. The maximum atomic E-state index is 12.3. The summed E-state index contributed by atoms with van der Waals surface area (Å²) >= 11 is 0. The van der Waals surface area contributed by atoms with Crippen molar-refractivity contribution in [1.29, 1.82) is 0 Å². The van der Waals surface area contributed by atoms with Gasteiger partial charge in [0, 0.05) is 13.2 Å². The van der Waals surface area contributed by atoms with Crippen molar-refractivity contribution >= 4 is 21.6 Å². The second-order valence-electron chi connectivity index (χ2n) is 8.90. The van der Waals surface area contributed by atoms with Crippen LogP contribution >= 0.6 is 0 Å². The normalized spacial score (nSPS) is 15.9. The van der Waals surface area contributed by atoms with E-state index in [0.29, 0.717) is 24.9 Å². The Labute approximate surface area is 176 Å². The monoisotopic (exact) mass is 424 g/mol. The zero-order valence-corrected chi connectivity index (χ0v) is 19.1. The lowest BCUT2D eigenvalue weighted by molar-refractivity contribution is -0.119. The van der Waals surface area contributed by atoms with E-state index in [2.05, 4.69) is 26.1 Å². The van der Waals surface area contributed by atoms with Gasteiger partial charge in [-0.2, -0.15) is 0 Å².